The average Bonchev–Trinajstić information content (AvgIpc) is 3.28. The molecule has 0 saturated heterocycles. The van der Waals surface area contributed by atoms with E-state index < -0.39 is 17.5 Å². The van der Waals surface area contributed by atoms with Crippen molar-refractivity contribution in [1.29, 1.82) is 0 Å². The van der Waals surface area contributed by atoms with E-state index in [-0.39, 0.29) is 17.0 Å². The van der Waals surface area contributed by atoms with Gasteiger partial charge in [0.05, 0.1) is 22.3 Å². The summed E-state index contributed by atoms with van der Waals surface area (Å²) in [5.41, 5.74) is 0.132. The highest BCUT2D eigenvalue weighted by Gasteiger charge is 2.15. The molecule has 31 heavy (non-hydrogen) atoms. The summed E-state index contributed by atoms with van der Waals surface area (Å²) in [5, 5.41) is 5.24. The van der Waals surface area contributed by atoms with Crippen LogP contribution in [-0.4, -0.2) is 21.2 Å². The number of aryl methyl sites for hydroxylation is 1. The van der Waals surface area contributed by atoms with Crippen molar-refractivity contribution in [2.75, 3.05) is 11.1 Å². The second-order valence-corrected chi connectivity index (χ2v) is 8.63. The number of halogens is 2. The number of hydrogen-bond donors (Lipinski definition) is 1. The highest BCUT2D eigenvalue weighted by Crippen LogP contribution is 2.21. The molecule has 4 aromatic rings. The van der Waals surface area contributed by atoms with E-state index in [9.17, 15) is 18.4 Å². The Balaban J connectivity index is 1.56. The lowest BCUT2D eigenvalue weighted by molar-refractivity contribution is -0.113. The van der Waals surface area contributed by atoms with Gasteiger partial charge in [-0.3, -0.25) is 14.2 Å². The number of thioether (sulfide) groups is 1. The van der Waals surface area contributed by atoms with Gasteiger partial charge in [0.25, 0.3) is 5.56 Å². The number of fused-ring (bicyclic) bond motifs is 1. The predicted molar refractivity (Wildman–Crippen MR) is 120 cm³/mol. The van der Waals surface area contributed by atoms with Gasteiger partial charge in [0, 0.05) is 17.5 Å². The molecule has 1 N–H and O–H groups in total. The van der Waals surface area contributed by atoms with Crippen molar-refractivity contribution < 1.29 is 13.6 Å². The number of carbonyl (C=O) groups is 1. The number of thiophene rings is 1. The fourth-order valence-corrected chi connectivity index (χ4v) is 4.57. The topological polar surface area (TPSA) is 64.0 Å². The van der Waals surface area contributed by atoms with Crippen LogP contribution in [-0.2, 0) is 17.8 Å². The van der Waals surface area contributed by atoms with Crippen LogP contribution in [0, 0.1) is 11.6 Å². The maximum atomic E-state index is 13.8. The number of hydrogen-bond acceptors (Lipinski definition) is 5. The normalized spacial score (nSPS) is 11.0. The second kappa shape index (κ2) is 9.40. The Morgan fingerprint density at radius 1 is 1.13 bits per heavy atom. The summed E-state index contributed by atoms with van der Waals surface area (Å²) >= 11 is 2.68. The molecule has 0 radical (unpaired) electrons. The first kappa shape index (κ1) is 21.2. The monoisotopic (exact) mass is 457 g/mol. The van der Waals surface area contributed by atoms with Gasteiger partial charge in [-0.2, -0.15) is 0 Å². The number of nitrogens with one attached hydrogen (secondary N) is 1. The largest absolute Gasteiger partial charge is 0.323 e. The number of rotatable bonds is 7. The molecule has 2 heterocycles. The summed E-state index contributed by atoms with van der Waals surface area (Å²) in [4.78, 5) is 31.1. The molecule has 2 aromatic heterocycles. The third-order valence-electron chi connectivity index (χ3n) is 4.52. The molecule has 0 spiro atoms. The van der Waals surface area contributed by atoms with Crippen LogP contribution in [0.5, 0.6) is 0 Å². The number of para-hydroxylation sites is 1. The molecule has 0 saturated carbocycles. The Bertz CT molecular complexity index is 1290. The number of carbonyl (C=O) groups excluding carboxylic acids is 1. The number of nitrogens with zero attached hydrogens (tertiary/aromatic N) is 2. The zero-order valence-corrected chi connectivity index (χ0v) is 17.8. The Hall–Kier alpha value is -3.04. The Morgan fingerprint density at radius 3 is 2.77 bits per heavy atom. The smallest absolute Gasteiger partial charge is 0.262 e. The molecule has 0 bridgehead atoms. The van der Waals surface area contributed by atoms with Gasteiger partial charge in [-0.05, 0) is 42.1 Å². The summed E-state index contributed by atoms with van der Waals surface area (Å²) in [6.07, 6.45) is 0.659. The molecular formula is C22H17F2N3O2S2. The summed E-state index contributed by atoms with van der Waals surface area (Å²) in [6, 6.07) is 13.8. The third kappa shape index (κ3) is 5.00. The first-order valence-electron chi connectivity index (χ1n) is 9.41. The van der Waals surface area contributed by atoms with Gasteiger partial charge in [-0.1, -0.05) is 30.0 Å². The fraction of sp³-hybridized carbons (Fsp3) is 0.136. The molecule has 0 unspecified atom stereocenters. The summed E-state index contributed by atoms with van der Waals surface area (Å²) in [5.74, 6) is -2.01. The van der Waals surface area contributed by atoms with Crippen LogP contribution >= 0.6 is 23.1 Å². The molecular weight excluding hydrogens is 440 g/mol. The lowest BCUT2D eigenvalue weighted by Crippen LogP contribution is -2.25. The minimum Gasteiger partial charge on any atom is -0.323 e. The van der Waals surface area contributed by atoms with E-state index in [2.05, 4.69) is 10.3 Å². The maximum Gasteiger partial charge on any atom is 0.262 e. The molecule has 5 nitrogen and oxygen atoms in total. The molecule has 0 aliphatic rings. The van der Waals surface area contributed by atoms with Gasteiger partial charge in [0.2, 0.25) is 5.91 Å². The fourth-order valence-electron chi connectivity index (χ4n) is 3.04. The Morgan fingerprint density at radius 2 is 1.97 bits per heavy atom. The molecule has 0 aliphatic heterocycles. The molecule has 1 amide bonds. The lowest BCUT2D eigenvalue weighted by Gasteiger charge is -2.13. The van der Waals surface area contributed by atoms with Crippen LogP contribution in [0.4, 0.5) is 14.5 Å². The number of amides is 1. The first-order valence-corrected chi connectivity index (χ1v) is 11.3. The van der Waals surface area contributed by atoms with Crippen LogP contribution < -0.4 is 10.9 Å². The van der Waals surface area contributed by atoms with Crippen molar-refractivity contribution in [1.82, 2.24) is 9.55 Å². The molecule has 9 heteroatoms. The van der Waals surface area contributed by atoms with Gasteiger partial charge < -0.3 is 5.32 Å². The zero-order chi connectivity index (χ0) is 21.8. The van der Waals surface area contributed by atoms with Crippen molar-refractivity contribution >= 4 is 45.6 Å². The van der Waals surface area contributed by atoms with Crippen LogP contribution in [0.3, 0.4) is 0 Å². The van der Waals surface area contributed by atoms with Crippen molar-refractivity contribution in [3.63, 3.8) is 0 Å². The van der Waals surface area contributed by atoms with E-state index in [0.717, 1.165) is 34.8 Å². The van der Waals surface area contributed by atoms with Crippen LogP contribution in [0.1, 0.15) is 4.88 Å². The van der Waals surface area contributed by atoms with E-state index in [4.69, 9.17) is 0 Å². The quantitative estimate of drug-likeness (QED) is 0.323. The van der Waals surface area contributed by atoms with E-state index in [1.165, 1.54) is 0 Å². The zero-order valence-electron chi connectivity index (χ0n) is 16.2. The highest BCUT2D eigenvalue weighted by atomic mass is 32.2. The predicted octanol–water partition coefficient (Wildman–Crippen LogP) is 4.71. The maximum absolute atomic E-state index is 13.8. The van der Waals surface area contributed by atoms with Crippen molar-refractivity contribution in [3.05, 3.63) is 86.8 Å². The molecule has 2 aromatic carbocycles. The van der Waals surface area contributed by atoms with Gasteiger partial charge in [-0.15, -0.1) is 11.3 Å². The summed E-state index contributed by atoms with van der Waals surface area (Å²) in [6.45, 7) is 0.416. The van der Waals surface area contributed by atoms with E-state index >= 15 is 0 Å². The number of benzene rings is 2. The molecule has 4 rings (SSSR count). The second-order valence-electron chi connectivity index (χ2n) is 6.66. The van der Waals surface area contributed by atoms with E-state index in [1.807, 2.05) is 17.5 Å². The first-order chi connectivity index (χ1) is 15.0. The Labute approximate surface area is 184 Å². The average molecular weight is 458 g/mol. The van der Waals surface area contributed by atoms with Gasteiger partial charge >= 0.3 is 0 Å². The minimum absolute atomic E-state index is 0.111. The Kier molecular flexibility index (Phi) is 6.43. The summed E-state index contributed by atoms with van der Waals surface area (Å²) in [7, 11) is 0. The molecule has 0 aliphatic carbocycles. The SMILES string of the molecule is O=C(CSc1nc2ccccc2c(=O)n1CCc1cccs1)Nc1cc(F)ccc1F. The number of anilines is 1. The standard InChI is InChI=1S/C22H17F2N3O2S2/c23-14-7-8-17(24)19(12-14)25-20(28)13-31-22-26-18-6-2-1-5-16(18)21(29)27(22)10-9-15-4-3-11-30-15/h1-8,11-12H,9-10,13H2,(H,25,28). The van der Waals surface area contributed by atoms with Gasteiger partial charge in [-0.25, -0.2) is 13.8 Å². The van der Waals surface area contributed by atoms with Gasteiger partial charge in [0.1, 0.15) is 11.6 Å². The van der Waals surface area contributed by atoms with Crippen LogP contribution in [0.25, 0.3) is 10.9 Å². The van der Waals surface area contributed by atoms with E-state index in [1.54, 1.807) is 40.2 Å². The number of aromatic nitrogens is 2. The highest BCUT2D eigenvalue weighted by molar-refractivity contribution is 7.99. The van der Waals surface area contributed by atoms with Crippen molar-refractivity contribution in [2.24, 2.45) is 0 Å². The van der Waals surface area contributed by atoms with Crippen LogP contribution in [0.2, 0.25) is 0 Å². The van der Waals surface area contributed by atoms with E-state index in [0.29, 0.717) is 29.0 Å². The molecule has 0 atom stereocenters. The van der Waals surface area contributed by atoms with Gasteiger partial charge in [0.15, 0.2) is 5.16 Å². The summed E-state index contributed by atoms with van der Waals surface area (Å²) < 4.78 is 28.7. The van der Waals surface area contributed by atoms with Crippen molar-refractivity contribution in [3.8, 4) is 0 Å². The third-order valence-corrected chi connectivity index (χ3v) is 6.44. The molecule has 0 fully saturated rings. The minimum atomic E-state index is -0.726. The van der Waals surface area contributed by atoms with Crippen LogP contribution in [0.15, 0.2) is 69.9 Å². The molecule has 158 valence electrons. The lowest BCUT2D eigenvalue weighted by atomic mass is 10.2. The van der Waals surface area contributed by atoms with Crippen molar-refractivity contribution in [2.45, 2.75) is 18.1 Å².